The van der Waals surface area contributed by atoms with Crippen LogP contribution in [0.1, 0.15) is 27.7 Å². The number of hydrogen-bond donors (Lipinski definition) is 1. The molecule has 0 bridgehead atoms. The van der Waals surface area contributed by atoms with Crippen LogP contribution in [0.3, 0.4) is 0 Å². The summed E-state index contributed by atoms with van der Waals surface area (Å²) in [5, 5.41) is 2.95. The summed E-state index contributed by atoms with van der Waals surface area (Å²) < 4.78 is 36.7. The Morgan fingerprint density at radius 2 is 1.75 bits per heavy atom. The Hall–Kier alpha value is -2.17. The van der Waals surface area contributed by atoms with Gasteiger partial charge in [0.15, 0.2) is 9.84 Å². The van der Waals surface area contributed by atoms with Gasteiger partial charge in [0, 0.05) is 31.2 Å². The van der Waals surface area contributed by atoms with Crippen LogP contribution in [0, 0.1) is 0 Å². The SMILES string of the molecule is Cn1cc(B2OC(C)(C)C(C)(C)O2)cc(Nc2ccc(S(C)(=O)=O)cn2)c1=O. The van der Waals surface area contributed by atoms with Crippen molar-refractivity contribution in [2.45, 2.75) is 43.8 Å². The van der Waals surface area contributed by atoms with Crippen LogP contribution in [0.5, 0.6) is 0 Å². The molecule has 0 aliphatic carbocycles. The van der Waals surface area contributed by atoms with Crippen molar-refractivity contribution in [3.05, 3.63) is 40.9 Å². The molecule has 1 N–H and O–H groups in total. The summed E-state index contributed by atoms with van der Waals surface area (Å²) in [5.41, 5.74) is -0.272. The number of aromatic nitrogens is 2. The molecule has 3 rings (SSSR count). The van der Waals surface area contributed by atoms with Gasteiger partial charge in [-0.3, -0.25) is 4.79 Å². The summed E-state index contributed by atoms with van der Waals surface area (Å²) in [5.74, 6) is 0.357. The summed E-state index contributed by atoms with van der Waals surface area (Å²) in [4.78, 5) is 16.7. The van der Waals surface area contributed by atoms with Crippen molar-refractivity contribution >= 4 is 33.9 Å². The summed E-state index contributed by atoms with van der Waals surface area (Å²) >= 11 is 0. The van der Waals surface area contributed by atoms with E-state index in [-0.39, 0.29) is 16.1 Å². The molecule has 0 atom stereocenters. The zero-order chi connectivity index (χ0) is 20.9. The fourth-order valence-electron chi connectivity index (χ4n) is 2.75. The topological polar surface area (TPSA) is 99.5 Å². The van der Waals surface area contributed by atoms with E-state index in [1.54, 1.807) is 19.3 Å². The lowest BCUT2D eigenvalue weighted by Crippen LogP contribution is -2.41. The molecular formula is C18H24BN3O5S. The summed E-state index contributed by atoms with van der Waals surface area (Å²) in [7, 11) is -2.31. The van der Waals surface area contributed by atoms with Crippen molar-refractivity contribution in [3.63, 3.8) is 0 Å². The van der Waals surface area contributed by atoms with Crippen molar-refractivity contribution in [3.8, 4) is 0 Å². The number of hydrogen-bond acceptors (Lipinski definition) is 7. The summed E-state index contributed by atoms with van der Waals surface area (Å²) in [6.07, 6.45) is 4.04. The second-order valence-corrected chi connectivity index (χ2v) is 9.98. The van der Waals surface area contributed by atoms with E-state index in [2.05, 4.69) is 10.3 Å². The highest BCUT2D eigenvalue weighted by Crippen LogP contribution is 2.36. The van der Waals surface area contributed by atoms with Gasteiger partial charge in [0.1, 0.15) is 11.5 Å². The minimum Gasteiger partial charge on any atom is -0.399 e. The number of aryl methyl sites for hydroxylation is 1. The van der Waals surface area contributed by atoms with E-state index in [1.807, 2.05) is 27.7 Å². The van der Waals surface area contributed by atoms with Gasteiger partial charge >= 0.3 is 7.12 Å². The minimum absolute atomic E-state index is 0.108. The van der Waals surface area contributed by atoms with Crippen molar-refractivity contribution in [2.75, 3.05) is 11.6 Å². The monoisotopic (exact) mass is 405 g/mol. The van der Waals surface area contributed by atoms with E-state index in [0.717, 1.165) is 6.26 Å². The second-order valence-electron chi connectivity index (χ2n) is 7.97. The van der Waals surface area contributed by atoms with Gasteiger partial charge in [0.25, 0.3) is 5.56 Å². The summed E-state index contributed by atoms with van der Waals surface area (Å²) in [6.45, 7) is 7.84. The maximum atomic E-state index is 12.5. The molecule has 1 aliphatic heterocycles. The maximum absolute atomic E-state index is 12.5. The minimum atomic E-state index is -3.34. The Bertz CT molecular complexity index is 1050. The van der Waals surface area contributed by atoms with Gasteiger partial charge in [0.2, 0.25) is 0 Å². The van der Waals surface area contributed by atoms with E-state index in [9.17, 15) is 13.2 Å². The van der Waals surface area contributed by atoms with Crippen LogP contribution in [0.2, 0.25) is 0 Å². The van der Waals surface area contributed by atoms with Crippen LogP contribution < -0.4 is 16.3 Å². The average Bonchev–Trinajstić information content (AvgIpc) is 2.79. The highest BCUT2D eigenvalue weighted by molar-refractivity contribution is 7.90. The molecule has 1 saturated heterocycles. The Kier molecular flexibility index (Phi) is 4.93. The number of pyridine rings is 2. The lowest BCUT2D eigenvalue weighted by Gasteiger charge is -2.32. The lowest BCUT2D eigenvalue weighted by atomic mass is 9.80. The molecule has 2 aromatic rings. The fourth-order valence-corrected chi connectivity index (χ4v) is 3.31. The molecule has 0 aromatic carbocycles. The maximum Gasteiger partial charge on any atom is 0.496 e. The van der Waals surface area contributed by atoms with Crippen molar-refractivity contribution in [1.82, 2.24) is 9.55 Å². The molecule has 8 nitrogen and oxygen atoms in total. The van der Waals surface area contributed by atoms with Gasteiger partial charge in [-0.05, 0) is 45.9 Å². The van der Waals surface area contributed by atoms with E-state index in [4.69, 9.17) is 9.31 Å². The number of nitrogens with zero attached hydrogens (tertiary/aromatic N) is 2. The second kappa shape index (κ2) is 6.72. The molecule has 2 aromatic heterocycles. The number of nitrogens with one attached hydrogen (secondary N) is 1. The molecule has 1 fully saturated rings. The van der Waals surface area contributed by atoms with E-state index in [1.165, 1.54) is 22.9 Å². The third-order valence-corrected chi connectivity index (χ3v) is 6.25. The van der Waals surface area contributed by atoms with Gasteiger partial charge in [-0.25, -0.2) is 13.4 Å². The Balaban J connectivity index is 1.92. The van der Waals surface area contributed by atoms with Crippen LogP contribution in [-0.2, 0) is 26.2 Å². The number of sulfone groups is 1. The first-order chi connectivity index (χ1) is 12.8. The van der Waals surface area contributed by atoms with Crippen LogP contribution in [0.15, 0.2) is 40.3 Å². The quantitative estimate of drug-likeness (QED) is 0.764. The Morgan fingerprint density at radius 3 is 2.25 bits per heavy atom. The van der Waals surface area contributed by atoms with Crippen LogP contribution >= 0.6 is 0 Å². The molecule has 0 radical (unpaired) electrons. The molecule has 0 unspecified atom stereocenters. The predicted octanol–water partition coefficient (Wildman–Crippen LogP) is 1.23. The average molecular weight is 405 g/mol. The van der Waals surface area contributed by atoms with E-state index in [0.29, 0.717) is 11.3 Å². The zero-order valence-electron chi connectivity index (χ0n) is 16.8. The van der Waals surface area contributed by atoms with Gasteiger partial charge in [-0.15, -0.1) is 0 Å². The van der Waals surface area contributed by atoms with Gasteiger partial charge in [-0.1, -0.05) is 0 Å². The van der Waals surface area contributed by atoms with Crippen molar-refractivity contribution < 1.29 is 17.7 Å². The third-order valence-electron chi connectivity index (χ3n) is 5.16. The first kappa shape index (κ1) is 20.6. The zero-order valence-corrected chi connectivity index (χ0v) is 17.6. The molecule has 0 amide bonds. The fraction of sp³-hybridized carbons (Fsp3) is 0.444. The van der Waals surface area contributed by atoms with Crippen LogP contribution in [-0.4, -0.2) is 42.5 Å². The molecule has 3 heterocycles. The van der Waals surface area contributed by atoms with Gasteiger partial charge in [0.05, 0.1) is 16.1 Å². The third kappa shape index (κ3) is 3.85. The highest BCUT2D eigenvalue weighted by Gasteiger charge is 2.51. The molecule has 28 heavy (non-hydrogen) atoms. The molecule has 0 saturated carbocycles. The van der Waals surface area contributed by atoms with Crippen LogP contribution in [0.4, 0.5) is 11.5 Å². The number of anilines is 2. The van der Waals surface area contributed by atoms with E-state index < -0.39 is 28.2 Å². The first-order valence-corrected chi connectivity index (χ1v) is 10.7. The van der Waals surface area contributed by atoms with E-state index >= 15 is 0 Å². The highest BCUT2D eigenvalue weighted by atomic mass is 32.2. The van der Waals surface area contributed by atoms with Gasteiger partial charge in [-0.2, -0.15) is 0 Å². The van der Waals surface area contributed by atoms with Gasteiger partial charge < -0.3 is 19.2 Å². The molecule has 150 valence electrons. The first-order valence-electron chi connectivity index (χ1n) is 8.79. The Morgan fingerprint density at radius 1 is 1.14 bits per heavy atom. The van der Waals surface area contributed by atoms with Crippen molar-refractivity contribution in [1.29, 1.82) is 0 Å². The molecule has 0 spiro atoms. The largest absolute Gasteiger partial charge is 0.496 e. The smallest absolute Gasteiger partial charge is 0.399 e. The number of rotatable bonds is 4. The Labute approximate surface area is 165 Å². The summed E-state index contributed by atoms with van der Waals surface area (Å²) in [6, 6.07) is 4.61. The predicted molar refractivity (Wildman–Crippen MR) is 108 cm³/mol. The molecule has 1 aliphatic rings. The molecular weight excluding hydrogens is 381 g/mol. The lowest BCUT2D eigenvalue weighted by molar-refractivity contribution is 0.00578. The normalized spacial score (nSPS) is 18.3. The van der Waals surface area contributed by atoms with Crippen LogP contribution in [0.25, 0.3) is 0 Å². The molecule has 10 heteroatoms. The standard InChI is InChI=1S/C18H24BN3O5S/c1-17(2)18(3,4)27-19(26-17)12-9-14(16(23)22(5)11-12)21-15-8-7-13(10-20-15)28(6,24)25/h7-11H,1-6H3,(H,20,21). The van der Waals surface area contributed by atoms with Crippen molar-refractivity contribution in [2.24, 2.45) is 7.05 Å².